The van der Waals surface area contributed by atoms with E-state index in [0.717, 1.165) is 5.56 Å². The molecule has 3 heterocycles. The smallest absolute Gasteiger partial charge is 0.318 e. The number of hydrogen-bond donors (Lipinski definition) is 1. The van der Waals surface area contributed by atoms with Gasteiger partial charge in [0, 0.05) is 31.0 Å². The number of hydrogen-bond acceptors (Lipinski definition) is 7. The topological polar surface area (TPSA) is 115 Å². The third-order valence-corrected chi connectivity index (χ3v) is 4.02. The van der Waals surface area contributed by atoms with Crippen LogP contribution >= 0.6 is 0 Å². The largest absolute Gasteiger partial charge is 0.337 e. The number of nitrogens with zero attached hydrogens (tertiary/aromatic N) is 7. The maximum atomic E-state index is 12.5. The molecule has 0 saturated carbocycles. The Morgan fingerprint density at radius 3 is 2.74 bits per heavy atom. The second-order valence-electron chi connectivity index (χ2n) is 6.47. The fourth-order valence-corrected chi connectivity index (χ4v) is 2.48. The average molecular weight is 370 g/mol. The molecule has 0 saturated heterocycles. The first kappa shape index (κ1) is 18.5. The van der Waals surface area contributed by atoms with Crippen LogP contribution in [-0.2, 0) is 6.54 Å². The van der Waals surface area contributed by atoms with E-state index in [9.17, 15) is 4.79 Å². The lowest BCUT2D eigenvalue weighted by molar-refractivity contribution is 0.198. The molecule has 0 radical (unpaired) electrons. The normalized spacial score (nSPS) is 12.2. The average Bonchev–Trinajstić information content (AvgIpc) is 3.32. The van der Waals surface area contributed by atoms with Crippen LogP contribution < -0.4 is 5.32 Å². The van der Waals surface area contributed by atoms with Gasteiger partial charge in [-0.05, 0) is 32.9 Å². The number of nitrogens with one attached hydrogen (secondary N) is 1. The van der Waals surface area contributed by atoms with E-state index in [4.69, 9.17) is 4.52 Å². The molecule has 0 unspecified atom stereocenters. The Hall–Kier alpha value is -3.30. The van der Waals surface area contributed by atoms with Gasteiger partial charge in [-0.25, -0.2) is 4.79 Å². The van der Waals surface area contributed by atoms with Crippen LogP contribution in [0.15, 0.2) is 35.4 Å². The van der Waals surface area contributed by atoms with Gasteiger partial charge in [0.1, 0.15) is 12.4 Å². The number of carbonyl (C=O) groups is 1. The molecule has 3 aromatic heterocycles. The van der Waals surface area contributed by atoms with Gasteiger partial charge in [0.25, 0.3) is 0 Å². The summed E-state index contributed by atoms with van der Waals surface area (Å²) in [6.45, 7) is 6.19. The number of carbonyl (C=O) groups excluding carboxylic acids is 1. The zero-order valence-electron chi connectivity index (χ0n) is 15.7. The van der Waals surface area contributed by atoms with Gasteiger partial charge in [0.15, 0.2) is 5.82 Å². The molecular formula is C17H22N8O2. The summed E-state index contributed by atoms with van der Waals surface area (Å²) < 4.78 is 7.20. The van der Waals surface area contributed by atoms with Gasteiger partial charge >= 0.3 is 6.03 Å². The summed E-state index contributed by atoms with van der Waals surface area (Å²) in [6, 6.07) is 3.08. The minimum absolute atomic E-state index is 0.218. The van der Waals surface area contributed by atoms with Gasteiger partial charge in [-0.1, -0.05) is 5.16 Å². The Balaban J connectivity index is 1.62. The fourth-order valence-electron chi connectivity index (χ4n) is 2.48. The number of amides is 2. The predicted octanol–water partition coefficient (Wildman–Crippen LogP) is 2.21. The van der Waals surface area contributed by atoms with Crippen molar-refractivity contribution in [3.8, 4) is 11.4 Å². The van der Waals surface area contributed by atoms with Crippen LogP contribution in [0.1, 0.15) is 44.6 Å². The van der Waals surface area contributed by atoms with E-state index in [-0.39, 0.29) is 12.1 Å². The van der Waals surface area contributed by atoms with E-state index in [1.807, 2.05) is 18.4 Å². The van der Waals surface area contributed by atoms with Crippen molar-refractivity contribution in [1.29, 1.82) is 0 Å². The highest BCUT2D eigenvalue weighted by molar-refractivity contribution is 5.74. The molecule has 1 atom stereocenters. The molecule has 10 heteroatoms. The molecule has 0 aromatic carbocycles. The molecular weight excluding hydrogens is 348 g/mol. The quantitative estimate of drug-likeness (QED) is 0.707. The van der Waals surface area contributed by atoms with Gasteiger partial charge in [0.2, 0.25) is 11.7 Å². The summed E-state index contributed by atoms with van der Waals surface area (Å²) in [5, 5.41) is 14.8. The molecule has 0 aliphatic carbocycles. The van der Waals surface area contributed by atoms with Crippen molar-refractivity contribution in [3.63, 3.8) is 0 Å². The minimum atomic E-state index is -0.439. The fraction of sp³-hybridized carbons (Fsp3) is 0.412. The van der Waals surface area contributed by atoms with Gasteiger partial charge < -0.3 is 19.3 Å². The van der Waals surface area contributed by atoms with E-state index in [1.165, 1.54) is 4.90 Å². The summed E-state index contributed by atoms with van der Waals surface area (Å²) in [7, 11) is 1.69. The van der Waals surface area contributed by atoms with Crippen LogP contribution in [0.4, 0.5) is 4.79 Å². The van der Waals surface area contributed by atoms with Crippen LogP contribution in [-0.4, -0.2) is 47.9 Å². The summed E-state index contributed by atoms with van der Waals surface area (Å²) >= 11 is 0. The molecule has 10 nitrogen and oxygen atoms in total. The van der Waals surface area contributed by atoms with Gasteiger partial charge in [-0.15, -0.1) is 10.2 Å². The van der Waals surface area contributed by atoms with E-state index < -0.39 is 6.04 Å². The van der Waals surface area contributed by atoms with Crippen molar-refractivity contribution in [2.24, 2.45) is 0 Å². The standard InChI is InChI=1S/C17H22N8O2/c1-11(2)25-10-19-22-14(25)9-24(4)17(26)20-12(3)16-21-15(23-27-16)13-5-7-18-8-6-13/h5-8,10-12H,9H2,1-4H3,(H,20,26)/t12-/m1/s1. The molecule has 27 heavy (non-hydrogen) atoms. The molecule has 0 fully saturated rings. The summed E-state index contributed by atoms with van der Waals surface area (Å²) in [5.41, 5.74) is 0.795. The summed E-state index contributed by atoms with van der Waals surface area (Å²) in [4.78, 5) is 22.3. The number of urea groups is 1. The molecule has 2 amide bonds. The number of aromatic nitrogens is 6. The molecule has 3 rings (SSSR count). The maximum absolute atomic E-state index is 12.5. The second kappa shape index (κ2) is 7.94. The molecule has 0 bridgehead atoms. The van der Waals surface area contributed by atoms with Crippen molar-refractivity contribution in [1.82, 2.24) is 40.1 Å². The van der Waals surface area contributed by atoms with Crippen LogP contribution in [0, 0.1) is 0 Å². The minimum Gasteiger partial charge on any atom is -0.337 e. The molecule has 0 aliphatic heterocycles. The van der Waals surface area contributed by atoms with Crippen molar-refractivity contribution < 1.29 is 9.32 Å². The Kier molecular flexibility index (Phi) is 5.43. The van der Waals surface area contributed by atoms with E-state index in [0.29, 0.717) is 24.1 Å². The Labute approximate surface area is 156 Å². The lowest BCUT2D eigenvalue weighted by atomic mass is 10.2. The Morgan fingerprint density at radius 1 is 1.30 bits per heavy atom. The van der Waals surface area contributed by atoms with Crippen molar-refractivity contribution in [3.05, 3.63) is 42.6 Å². The lowest BCUT2D eigenvalue weighted by Gasteiger charge is -2.20. The van der Waals surface area contributed by atoms with Crippen molar-refractivity contribution in [2.75, 3.05) is 7.05 Å². The zero-order chi connectivity index (χ0) is 19.4. The van der Waals surface area contributed by atoms with Crippen LogP contribution in [0.5, 0.6) is 0 Å². The van der Waals surface area contributed by atoms with Gasteiger partial charge in [0.05, 0.1) is 6.54 Å². The third kappa shape index (κ3) is 4.27. The number of rotatable bonds is 6. The van der Waals surface area contributed by atoms with Crippen LogP contribution in [0.2, 0.25) is 0 Å². The first-order valence-corrected chi connectivity index (χ1v) is 8.59. The van der Waals surface area contributed by atoms with Gasteiger partial charge in [-0.3, -0.25) is 4.98 Å². The first-order chi connectivity index (χ1) is 13.0. The number of pyridine rings is 1. The SMILES string of the molecule is CC(C)n1cnnc1CN(C)C(=O)N[C@H](C)c1nc(-c2ccncc2)no1. The second-order valence-corrected chi connectivity index (χ2v) is 6.47. The maximum Gasteiger partial charge on any atom is 0.318 e. The van der Waals surface area contributed by atoms with E-state index in [1.54, 1.807) is 44.8 Å². The molecule has 3 aromatic rings. The van der Waals surface area contributed by atoms with Crippen molar-refractivity contribution >= 4 is 6.03 Å². The molecule has 142 valence electrons. The highest BCUT2D eigenvalue weighted by Gasteiger charge is 2.20. The van der Waals surface area contributed by atoms with Crippen LogP contribution in [0.3, 0.4) is 0 Å². The zero-order valence-corrected chi connectivity index (χ0v) is 15.7. The monoisotopic (exact) mass is 370 g/mol. The molecule has 1 N–H and O–H groups in total. The van der Waals surface area contributed by atoms with Gasteiger partial charge in [-0.2, -0.15) is 4.98 Å². The highest BCUT2D eigenvalue weighted by atomic mass is 16.5. The summed E-state index contributed by atoms with van der Waals surface area (Å²) in [6.07, 6.45) is 4.97. The summed E-state index contributed by atoms with van der Waals surface area (Å²) in [5.74, 6) is 1.49. The van der Waals surface area contributed by atoms with E-state index >= 15 is 0 Å². The first-order valence-electron chi connectivity index (χ1n) is 8.59. The van der Waals surface area contributed by atoms with Crippen molar-refractivity contribution in [2.45, 2.75) is 39.4 Å². The highest BCUT2D eigenvalue weighted by Crippen LogP contribution is 2.18. The molecule has 0 spiro atoms. The third-order valence-electron chi connectivity index (χ3n) is 4.02. The lowest BCUT2D eigenvalue weighted by Crippen LogP contribution is -2.38. The Morgan fingerprint density at radius 2 is 2.04 bits per heavy atom. The predicted molar refractivity (Wildman–Crippen MR) is 96.3 cm³/mol. The molecule has 0 aliphatic rings. The van der Waals surface area contributed by atoms with E-state index in [2.05, 4.69) is 30.6 Å². The Bertz CT molecular complexity index is 889. The van der Waals surface area contributed by atoms with Crippen LogP contribution in [0.25, 0.3) is 11.4 Å².